The molecule has 0 saturated heterocycles. The van der Waals surface area contributed by atoms with Crippen LogP contribution in [0.1, 0.15) is 22.8 Å². The Bertz CT molecular complexity index is 643. The number of benzene rings is 2. The van der Waals surface area contributed by atoms with Crippen LogP contribution in [0.5, 0.6) is 0 Å². The van der Waals surface area contributed by atoms with Gasteiger partial charge in [-0.1, -0.05) is 12.1 Å². The minimum atomic E-state index is -1.18. The van der Waals surface area contributed by atoms with Crippen LogP contribution in [0.15, 0.2) is 34.8 Å². The van der Waals surface area contributed by atoms with Crippen molar-refractivity contribution < 1.29 is 18.3 Å². The van der Waals surface area contributed by atoms with Crippen LogP contribution >= 0.6 is 15.9 Å². The minimum absolute atomic E-state index is 0.121. The average molecular weight is 345 g/mol. The van der Waals surface area contributed by atoms with E-state index in [9.17, 15) is 18.3 Å². The summed E-state index contributed by atoms with van der Waals surface area (Å²) in [7, 11) is 0. The first-order valence-electron chi connectivity index (χ1n) is 5.96. The summed E-state index contributed by atoms with van der Waals surface area (Å²) in [5.74, 6) is -1.95. The molecular weight excluding hydrogens is 333 g/mol. The predicted octanol–water partition coefficient (Wildman–Crippen LogP) is 4.45. The van der Waals surface area contributed by atoms with E-state index in [0.29, 0.717) is 5.56 Å². The summed E-state index contributed by atoms with van der Waals surface area (Å²) in [5, 5.41) is 10.0. The molecule has 0 aliphatic heterocycles. The molecule has 5 heteroatoms. The fraction of sp³-hybridized carbons (Fsp3) is 0.200. The maximum absolute atomic E-state index is 13.8. The van der Waals surface area contributed by atoms with Crippen molar-refractivity contribution in [3.8, 4) is 0 Å². The monoisotopic (exact) mass is 344 g/mol. The Morgan fingerprint density at radius 3 is 2.45 bits per heavy atom. The molecule has 1 atom stereocenters. The van der Waals surface area contributed by atoms with Gasteiger partial charge in [-0.25, -0.2) is 13.2 Å². The van der Waals surface area contributed by atoms with Crippen LogP contribution in [0.4, 0.5) is 13.2 Å². The topological polar surface area (TPSA) is 20.2 Å². The molecule has 20 heavy (non-hydrogen) atoms. The quantitative estimate of drug-likeness (QED) is 0.815. The summed E-state index contributed by atoms with van der Waals surface area (Å²) in [6.07, 6.45) is -1.44. The van der Waals surface area contributed by atoms with Gasteiger partial charge in [-0.05, 0) is 52.2 Å². The first kappa shape index (κ1) is 15.1. The maximum Gasteiger partial charge on any atom is 0.143 e. The third kappa shape index (κ3) is 3.04. The molecule has 1 N–H and O–H groups in total. The highest BCUT2D eigenvalue weighted by Gasteiger charge is 2.18. The van der Waals surface area contributed by atoms with E-state index in [1.54, 1.807) is 6.92 Å². The molecule has 0 heterocycles. The first-order chi connectivity index (χ1) is 9.40. The lowest BCUT2D eigenvalue weighted by Crippen LogP contribution is -2.07. The van der Waals surface area contributed by atoms with Crippen molar-refractivity contribution in [1.29, 1.82) is 0 Å². The molecule has 106 valence electrons. The van der Waals surface area contributed by atoms with Gasteiger partial charge in [0.1, 0.15) is 17.5 Å². The van der Waals surface area contributed by atoms with Gasteiger partial charge in [-0.15, -0.1) is 0 Å². The number of hydrogen-bond donors (Lipinski definition) is 1. The highest BCUT2D eigenvalue weighted by atomic mass is 79.9. The molecule has 0 aliphatic carbocycles. The summed E-state index contributed by atoms with van der Waals surface area (Å²) in [5.41, 5.74) is 0.500. The molecule has 0 aromatic heterocycles. The highest BCUT2D eigenvalue weighted by molar-refractivity contribution is 9.10. The molecule has 0 radical (unpaired) electrons. The molecule has 1 unspecified atom stereocenters. The fourth-order valence-electron chi connectivity index (χ4n) is 1.88. The van der Waals surface area contributed by atoms with Gasteiger partial charge in [0.25, 0.3) is 0 Å². The second kappa shape index (κ2) is 5.97. The SMILES string of the molecule is Cc1ccc(C(O)Cc2c(F)ccc(Br)c2F)cc1F. The lowest BCUT2D eigenvalue weighted by atomic mass is 9.99. The largest absolute Gasteiger partial charge is 0.388 e. The number of halogens is 4. The Balaban J connectivity index is 2.30. The average Bonchev–Trinajstić information content (AvgIpc) is 2.42. The van der Waals surface area contributed by atoms with E-state index < -0.39 is 23.6 Å². The van der Waals surface area contributed by atoms with E-state index in [4.69, 9.17) is 0 Å². The van der Waals surface area contributed by atoms with Gasteiger partial charge in [0.15, 0.2) is 0 Å². The Hall–Kier alpha value is -1.33. The minimum Gasteiger partial charge on any atom is -0.388 e. The summed E-state index contributed by atoms with van der Waals surface area (Å²) >= 11 is 2.96. The van der Waals surface area contributed by atoms with Gasteiger partial charge >= 0.3 is 0 Å². The van der Waals surface area contributed by atoms with E-state index in [2.05, 4.69) is 15.9 Å². The standard InChI is InChI=1S/C15H12BrF3O/c1-8-2-3-9(6-13(8)18)14(20)7-10-12(17)5-4-11(16)15(10)19/h2-6,14,20H,7H2,1H3. The molecular formula is C15H12BrF3O. The second-order valence-corrected chi connectivity index (χ2v) is 5.40. The summed E-state index contributed by atoms with van der Waals surface area (Å²) in [6, 6.07) is 6.60. The van der Waals surface area contributed by atoms with E-state index >= 15 is 0 Å². The summed E-state index contributed by atoms with van der Waals surface area (Å²) in [6.45, 7) is 1.60. The molecule has 2 aromatic carbocycles. The van der Waals surface area contributed by atoms with E-state index in [1.807, 2.05) is 0 Å². The molecule has 0 saturated carbocycles. The zero-order valence-corrected chi connectivity index (χ0v) is 12.2. The van der Waals surface area contributed by atoms with Gasteiger partial charge in [0, 0.05) is 12.0 Å². The zero-order valence-electron chi connectivity index (χ0n) is 10.6. The third-order valence-corrected chi connectivity index (χ3v) is 3.73. The Labute approximate surface area is 123 Å². The number of aliphatic hydroxyl groups excluding tert-OH is 1. The number of rotatable bonds is 3. The van der Waals surface area contributed by atoms with Crippen molar-refractivity contribution in [2.75, 3.05) is 0 Å². The third-order valence-electron chi connectivity index (χ3n) is 3.12. The molecule has 0 bridgehead atoms. The van der Waals surface area contributed by atoms with E-state index in [0.717, 1.165) is 6.07 Å². The smallest absolute Gasteiger partial charge is 0.143 e. The van der Waals surface area contributed by atoms with Crippen molar-refractivity contribution in [1.82, 2.24) is 0 Å². The van der Waals surface area contributed by atoms with E-state index in [1.165, 1.54) is 24.3 Å². The molecule has 0 aliphatic rings. The normalized spacial score (nSPS) is 12.5. The van der Waals surface area contributed by atoms with Crippen LogP contribution < -0.4 is 0 Å². The number of aliphatic hydroxyl groups is 1. The lowest BCUT2D eigenvalue weighted by Gasteiger charge is -2.13. The van der Waals surface area contributed by atoms with E-state index in [-0.39, 0.29) is 22.0 Å². The zero-order chi connectivity index (χ0) is 14.9. The van der Waals surface area contributed by atoms with Gasteiger partial charge in [-0.3, -0.25) is 0 Å². The van der Waals surface area contributed by atoms with Crippen molar-refractivity contribution in [3.63, 3.8) is 0 Å². The second-order valence-electron chi connectivity index (χ2n) is 4.55. The van der Waals surface area contributed by atoms with Gasteiger partial charge in [-0.2, -0.15) is 0 Å². The van der Waals surface area contributed by atoms with Crippen molar-refractivity contribution in [3.05, 3.63) is 68.9 Å². The van der Waals surface area contributed by atoms with Crippen LogP contribution in [-0.4, -0.2) is 5.11 Å². The lowest BCUT2D eigenvalue weighted by molar-refractivity contribution is 0.175. The molecule has 0 fully saturated rings. The Morgan fingerprint density at radius 2 is 1.80 bits per heavy atom. The van der Waals surface area contributed by atoms with Crippen LogP contribution in [-0.2, 0) is 6.42 Å². The number of hydrogen-bond acceptors (Lipinski definition) is 1. The fourth-order valence-corrected chi connectivity index (χ4v) is 2.26. The molecule has 2 aromatic rings. The van der Waals surface area contributed by atoms with Crippen molar-refractivity contribution in [2.24, 2.45) is 0 Å². The summed E-state index contributed by atoms with van der Waals surface area (Å²) < 4.78 is 41.0. The molecule has 0 spiro atoms. The molecule has 1 nitrogen and oxygen atoms in total. The maximum atomic E-state index is 13.8. The van der Waals surface area contributed by atoms with Crippen LogP contribution in [0.3, 0.4) is 0 Å². The highest BCUT2D eigenvalue weighted by Crippen LogP contribution is 2.27. The predicted molar refractivity (Wildman–Crippen MR) is 73.9 cm³/mol. The van der Waals surface area contributed by atoms with Gasteiger partial charge in [0.05, 0.1) is 10.6 Å². The summed E-state index contributed by atoms with van der Waals surface area (Å²) in [4.78, 5) is 0. The van der Waals surface area contributed by atoms with Crippen LogP contribution in [0.25, 0.3) is 0 Å². The number of aryl methyl sites for hydroxylation is 1. The Kier molecular flexibility index (Phi) is 4.50. The van der Waals surface area contributed by atoms with Crippen molar-refractivity contribution in [2.45, 2.75) is 19.4 Å². The van der Waals surface area contributed by atoms with Gasteiger partial charge in [0.2, 0.25) is 0 Å². The molecule has 0 amide bonds. The van der Waals surface area contributed by atoms with Crippen LogP contribution in [0.2, 0.25) is 0 Å². The Morgan fingerprint density at radius 1 is 1.10 bits per heavy atom. The van der Waals surface area contributed by atoms with Crippen LogP contribution in [0, 0.1) is 24.4 Å². The first-order valence-corrected chi connectivity index (χ1v) is 6.76. The van der Waals surface area contributed by atoms with Gasteiger partial charge < -0.3 is 5.11 Å². The molecule has 2 rings (SSSR count). The van der Waals surface area contributed by atoms with Crippen molar-refractivity contribution >= 4 is 15.9 Å².